The summed E-state index contributed by atoms with van der Waals surface area (Å²) >= 11 is 1.71. The summed E-state index contributed by atoms with van der Waals surface area (Å²) in [5, 5.41) is 0. The molecule has 0 saturated carbocycles. The second-order valence-electron chi connectivity index (χ2n) is 7.68. The smallest absolute Gasteiger partial charge is 0.232 e. The van der Waals surface area contributed by atoms with Crippen LogP contribution in [-0.4, -0.2) is 54.2 Å². The quantitative estimate of drug-likeness (QED) is 0.748. The topological polar surface area (TPSA) is 32.8 Å². The van der Waals surface area contributed by atoms with E-state index in [2.05, 4.69) is 54.3 Å². The number of benzene rings is 2. The number of carbonyl (C=O) groups excluding carboxylic acids is 1. The van der Waals surface area contributed by atoms with Crippen molar-refractivity contribution in [2.75, 3.05) is 38.5 Å². The lowest BCUT2D eigenvalue weighted by atomic mass is 10.1. The summed E-state index contributed by atoms with van der Waals surface area (Å²) in [6.07, 6.45) is 1.02. The number of fused-ring (bicyclic) bond motifs is 1. The lowest BCUT2D eigenvalue weighted by Crippen LogP contribution is -2.48. The van der Waals surface area contributed by atoms with Crippen LogP contribution in [-0.2, 0) is 23.5 Å². The monoisotopic (exact) mass is 396 g/mol. The summed E-state index contributed by atoms with van der Waals surface area (Å²) in [6.45, 7) is 7.41. The van der Waals surface area contributed by atoms with E-state index in [1.165, 1.54) is 22.3 Å². The molecule has 0 bridgehead atoms. The normalized spacial score (nSPS) is 16.7. The van der Waals surface area contributed by atoms with E-state index in [1.54, 1.807) is 11.8 Å². The van der Waals surface area contributed by atoms with Crippen molar-refractivity contribution in [1.82, 2.24) is 9.80 Å². The van der Waals surface area contributed by atoms with Crippen LogP contribution in [0.4, 0.5) is 0 Å². The maximum absolute atomic E-state index is 12.5. The molecule has 4 nitrogen and oxygen atoms in total. The third kappa shape index (κ3) is 4.89. The number of piperazine rings is 1. The highest BCUT2D eigenvalue weighted by Gasteiger charge is 2.21. The molecule has 0 unspecified atom stereocenters. The van der Waals surface area contributed by atoms with Crippen LogP contribution in [0.2, 0.25) is 0 Å². The van der Waals surface area contributed by atoms with Gasteiger partial charge in [-0.1, -0.05) is 42.0 Å². The minimum absolute atomic E-state index is 0.270. The van der Waals surface area contributed by atoms with Crippen LogP contribution in [0.1, 0.15) is 22.3 Å². The van der Waals surface area contributed by atoms with E-state index >= 15 is 0 Å². The number of thioether (sulfide) groups is 1. The predicted octanol–water partition coefficient (Wildman–Crippen LogP) is 3.51. The number of hydrogen-bond donors (Lipinski definition) is 0. The van der Waals surface area contributed by atoms with Gasteiger partial charge >= 0.3 is 0 Å². The fourth-order valence-corrected chi connectivity index (χ4v) is 4.67. The van der Waals surface area contributed by atoms with Crippen LogP contribution in [0, 0.1) is 6.92 Å². The molecule has 2 aromatic carbocycles. The van der Waals surface area contributed by atoms with E-state index in [0.29, 0.717) is 5.75 Å². The van der Waals surface area contributed by atoms with E-state index in [4.69, 9.17) is 4.74 Å². The molecule has 2 heterocycles. The molecular formula is C23H28N2O2S. The molecule has 5 heteroatoms. The number of ether oxygens (including phenoxy) is 1. The second kappa shape index (κ2) is 9.01. The Labute approximate surface area is 171 Å². The fourth-order valence-electron chi connectivity index (χ4n) is 3.78. The number of rotatable bonds is 6. The zero-order valence-electron chi connectivity index (χ0n) is 16.5. The molecule has 0 N–H and O–H groups in total. The van der Waals surface area contributed by atoms with Gasteiger partial charge in [0.05, 0.1) is 12.4 Å². The molecule has 1 amide bonds. The van der Waals surface area contributed by atoms with Crippen LogP contribution >= 0.6 is 11.8 Å². The molecule has 0 aliphatic carbocycles. The number of hydrogen-bond acceptors (Lipinski definition) is 4. The number of carbonyl (C=O) groups is 1. The summed E-state index contributed by atoms with van der Waals surface area (Å²) in [5.41, 5.74) is 5.23. The van der Waals surface area contributed by atoms with Gasteiger partial charge in [0.1, 0.15) is 5.75 Å². The highest BCUT2D eigenvalue weighted by molar-refractivity contribution is 7.99. The van der Waals surface area contributed by atoms with E-state index in [0.717, 1.165) is 57.3 Å². The number of aryl methyl sites for hydroxylation is 1. The van der Waals surface area contributed by atoms with Gasteiger partial charge in [0.2, 0.25) is 5.91 Å². The van der Waals surface area contributed by atoms with Crippen molar-refractivity contribution in [3.05, 3.63) is 64.7 Å². The highest BCUT2D eigenvalue weighted by Crippen LogP contribution is 2.26. The Bertz CT molecular complexity index is 814. The van der Waals surface area contributed by atoms with E-state index in [9.17, 15) is 4.79 Å². The van der Waals surface area contributed by atoms with Gasteiger partial charge in [0.25, 0.3) is 0 Å². The van der Waals surface area contributed by atoms with Crippen molar-refractivity contribution in [2.24, 2.45) is 0 Å². The SMILES string of the molecule is Cc1ccc(CSCC(=O)N2CCN(Cc3ccc4c(c3)CCO4)CC2)cc1. The first-order valence-electron chi connectivity index (χ1n) is 10.1. The van der Waals surface area contributed by atoms with Gasteiger partial charge in [-0.25, -0.2) is 0 Å². The molecule has 0 atom stereocenters. The molecule has 4 rings (SSSR count). The largest absolute Gasteiger partial charge is 0.493 e. The second-order valence-corrected chi connectivity index (χ2v) is 8.66. The van der Waals surface area contributed by atoms with Crippen molar-refractivity contribution in [2.45, 2.75) is 25.6 Å². The zero-order chi connectivity index (χ0) is 19.3. The van der Waals surface area contributed by atoms with E-state index in [1.807, 2.05) is 4.90 Å². The van der Waals surface area contributed by atoms with Crippen LogP contribution in [0.15, 0.2) is 42.5 Å². The molecule has 2 aromatic rings. The van der Waals surface area contributed by atoms with E-state index < -0.39 is 0 Å². The van der Waals surface area contributed by atoms with Gasteiger partial charge in [0.15, 0.2) is 0 Å². The number of nitrogens with zero attached hydrogens (tertiary/aromatic N) is 2. The lowest BCUT2D eigenvalue weighted by Gasteiger charge is -2.34. The van der Waals surface area contributed by atoms with Gasteiger partial charge in [0, 0.05) is 44.9 Å². The fraction of sp³-hybridized carbons (Fsp3) is 0.435. The molecule has 1 saturated heterocycles. The van der Waals surface area contributed by atoms with Gasteiger partial charge in [-0.15, -0.1) is 11.8 Å². The standard InChI is InChI=1S/C23H28N2O2S/c1-18-2-4-19(5-3-18)16-28-17-23(26)25-11-9-24(10-12-25)15-20-6-7-22-21(14-20)8-13-27-22/h2-7,14H,8-13,15-17H2,1H3. The molecule has 0 aromatic heterocycles. The Hall–Kier alpha value is -1.98. The maximum Gasteiger partial charge on any atom is 0.232 e. The van der Waals surface area contributed by atoms with Gasteiger partial charge < -0.3 is 9.64 Å². The maximum atomic E-state index is 12.5. The summed E-state index contributed by atoms with van der Waals surface area (Å²) in [6, 6.07) is 15.1. The molecular weight excluding hydrogens is 368 g/mol. The molecule has 148 valence electrons. The minimum atomic E-state index is 0.270. The Morgan fingerprint density at radius 3 is 2.57 bits per heavy atom. The first-order chi connectivity index (χ1) is 13.7. The van der Waals surface area contributed by atoms with Crippen molar-refractivity contribution >= 4 is 17.7 Å². The van der Waals surface area contributed by atoms with Gasteiger partial charge in [-0.05, 0) is 29.7 Å². The van der Waals surface area contributed by atoms with Gasteiger partial charge in [-0.2, -0.15) is 0 Å². The predicted molar refractivity (Wildman–Crippen MR) is 115 cm³/mol. The van der Waals surface area contributed by atoms with Crippen LogP contribution < -0.4 is 4.74 Å². The van der Waals surface area contributed by atoms with Crippen LogP contribution in [0.25, 0.3) is 0 Å². The Kier molecular flexibility index (Phi) is 6.23. The van der Waals surface area contributed by atoms with Crippen LogP contribution in [0.5, 0.6) is 5.75 Å². The molecule has 28 heavy (non-hydrogen) atoms. The lowest BCUT2D eigenvalue weighted by molar-refractivity contribution is -0.130. The van der Waals surface area contributed by atoms with Crippen molar-refractivity contribution in [3.8, 4) is 5.75 Å². The average Bonchev–Trinajstić information content (AvgIpc) is 3.18. The minimum Gasteiger partial charge on any atom is -0.493 e. The summed E-state index contributed by atoms with van der Waals surface area (Å²) in [4.78, 5) is 17.0. The Morgan fingerprint density at radius 2 is 1.79 bits per heavy atom. The van der Waals surface area contributed by atoms with E-state index in [-0.39, 0.29) is 5.91 Å². The van der Waals surface area contributed by atoms with Crippen molar-refractivity contribution in [1.29, 1.82) is 0 Å². The third-order valence-corrected chi connectivity index (χ3v) is 6.49. The van der Waals surface area contributed by atoms with Crippen LogP contribution in [0.3, 0.4) is 0 Å². The zero-order valence-corrected chi connectivity index (χ0v) is 17.3. The highest BCUT2D eigenvalue weighted by atomic mass is 32.2. The summed E-state index contributed by atoms with van der Waals surface area (Å²) < 4.78 is 5.59. The molecule has 2 aliphatic heterocycles. The molecule has 0 radical (unpaired) electrons. The Morgan fingerprint density at radius 1 is 1.04 bits per heavy atom. The third-order valence-electron chi connectivity index (χ3n) is 5.50. The Balaban J connectivity index is 1.19. The molecule has 0 spiro atoms. The molecule has 1 fully saturated rings. The summed E-state index contributed by atoms with van der Waals surface area (Å²) in [5.74, 6) is 2.78. The first-order valence-corrected chi connectivity index (χ1v) is 11.2. The van der Waals surface area contributed by atoms with Crippen molar-refractivity contribution in [3.63, 3.8) is 0 Å². The summed E-state index contributed by atoms with van der Waals surface area (Å²) in [7, 11) is 0. The number of amides is 1. The molecule has 2 aliphatic rings. The average molecular weight is 397 g/mol. The van der Waals surface area contributed by atoms with Crippen molar-refractivity contribution < 1.29 is 9.53 Å². The van der Waals surface area contributed by atoms with Gasteiger partial charge in [-0.3, -0.25) is 9.69 Å². The first kappa shape index (κ1) is 19.3.